The molecule has 7 heteroatoms. The van der Waals surface area contributed by atoms with Gasteiger partial charge in [0, 0.05) is 10.9 Å². The van der Waals surface area contributed by atoms with Crippen LogP contribution in [0.4, 0.5) is 13.8 Å². The summed E-state index contributed by atoms with van der Waals surface area (Å²) in [6.45, 7) is 3.96. The van der Waals surface area contributed by atoms with Crippen LogP contribution in [0.5, 0.6) is 0 Å². The van der Waals surface area contributed by atoms with E-state index in [2.05, 4.69) is 23.6 Å². The van der Waals surface area contributed by atoms with Gasteiger partial charge >= 0.3 is 0 Å². The minimum absolute atomic E-state index is 0.00397. The fourth-order valence-corrected chi connectivity index (χ4v) is 4.65. The fraction of sp³-hybridized carbons (Fsp3) is 0.400. The molecule has 4 nitrogen and oxygen atoms in total. The highest BCUT2D eigenvalue weighted by Gasteiger charge is 2.24. The van der Waals surface area contributed by atoms with Gasteiger partial charge < -0.3 is 10.6 Å². The number of hydrogen-bond acceptors (Lipinski definition) is 4. The number of fused-ring (bicyclic) bond motifs is 1. The maximum atomic E-state index is 13.3. The van der Waals surface area contributed by atoms with Crippen LogP contribution >= 0.6 is 11.3 Å². The smallest absolute Gasteiger partial charge is 0.238 e. The Morgan fingerprint density at radius 3 is 2.89 bits per heavy atom. The third-order valence-electron chi connectivity index (χ3n) is 4.89. The predicted molar refractivity (Wildman–Crippen MR) is 102 cm³/mol. The van der Waals surface area contributed by atoms with E-state index in [4.69, 9.17) is 0 Å². The van der Waals surface area contributed by atoms with Gasteiger partial charge in [-0.25, -0.2) is 8.78 Å². The van der Waals surface area contributed by atoms with Crippen molar-refractivity contribution in [3.8, 4) is 6.07 Å². The van der Waals surface area contributed by atoms with E-state index in [9.17, 15) is 18.8 Å². The first-order valence-corrected chi connectivity index (χ1v) is 9.73. The molecule has 0 saturated heterocycles. The van der Waals surface area contributed by atoms with Crippen molar-refractivity contribution >= 4 is 22.2 Å². The first-order chi connectivity index (χ1) is 12.9. The summed E-state index contributed by atoms with van der Waals surface area (Å²) in [5.74, 6) is -1.50. The molecule has 0 radical (unpaired) electrons. The molecule has 3 rings (SSSR count). The normalized spacial score (nSPS) is 17.1. The predicted octanol–water partition coefficient (Wildman–Crippen LogP) is 4.31. The fourth-order valence-electron chi connectivity index (χ4n) is 3.27. The number of amides is 1. The summed E-state index contributed by atoms with van der Waals surface area (Å²) in [5.41, 5.74) is 2.20. The Morgan fingerprint density at radius 1 is 1.41 bits per heavy atom. The second-order valence-corrected chi connectivity index (χ2v) is 8.10. The molecule has 0 saturated carbocycles. The van der Waals surface area contributed by atoms with Crippen LogP contribution < -0.4 is 10.6 Å². The molecule has 2 N–H and O–H groups in total. The molecule has 0 spiro atoms. The summed E-state index contributed by atoms with van der Waals surface area (Å²) in [7, 11) is 0. The van der Waals surface area contributed by atoms with Crippen LogP contribution in [-0.2, 0) is 17.6 Å². The highest BCUT2D eigenvalue weighted by molar-refractivity contribution is 7.16. The van der Waals surface area contributed by atoms with E-state index in [1.807, 2.05) is 0 Å². The standard InChI is InChI=1S/C20H21F2N3OS/c1-11-3-5-14-15(9-23)20(27-18(14)7-11)25-19(26)10-24-12(2)13-4-6-16(21)17(22)8-13/h4,6,8,11-12,24H,3,5,7,10H2,1-2H3,(H,25,26)/t11-,12+/m0/s1. The van der Waals surface area contributed by atoms with Crippen molar-refractivity contribution in [1.82, 2.24) is 5.32 Å². The van der Waals surface area contributed by atoms with Crippen LogP contribution in [0.3, 0.4) is 0 Å². The van der Waals surface area contributed by atoms with Crippen molar-refractivity contribution in [2.45, 2.75) is 39.2 Å². The van der Waals surface area contributed by atoms with E-state index in [1.165, 1.54) is 22.3 Å². The first-order valence-electron chi connectivity index (χ1n) is 8.91. The number of rotatable bonds is 5. The van der Waals surface area contributed by atoms with Crippen molar-refractivity contribution in [3.05, 3.63) is 51.4 Å². The minimum Gasteiger partial charge on any atom is -0.315 e. The van der Waals surface area contributed by atoms with Crippen molar-refractivity contribution in [3.63, 3.8) is 0 Å². The van der Waals surface area contributed by atoms with Crippen LogP contribution in [0.25, 0.3) is 0 Å². The number of thiophene rings is 1. The van der Waals surface area contributed by atoms with Gasteiger partial charge in [-0.05, 0) is 55.4 Å². The maximum absolute atomic E-state index is 13.3. The van der Waals surface area contributed by atoms with Crippen LogP contribution in [0, 0.1) is 28.9 Å². The summed E-state index contributed by atoms with van der Waals surface area (Å²) in [6.07, 6.45) is 2.87. The Morgan fingerprint density at radius 2 is 2.19 bits per heavy atom. The van der Waals surface area contributed by atoms with Crippen LogP contribution in [0.2, 0.25) is 0 Å². The number of nitriles is 1. The summed E-state index contributed by atoms with van der Waals surface area (Å²) >= 11 is 1.48. The zero-order valence-corrected chi connectivity index (χ0v) is 16.1. The van der Waals surface area contributed by atoms with Crippen LogP contribution in [0.1, 0.15) is 47.9 Å². The van der Waals surface area contributed by atoms with Gasteiger partial charge in [0.05, 0.1) is 12.1 Å². The lowest BCUT2D eigenvalue weighted by Crippen LogP contribution is -2.30. The molecular weight excluding hydrogens is 368 g/mol. The van der Waals surface area contributed by atoms with E-state index in [0.29, 0.717) is 22.0 Å². The molecule has 1 aliphatic rings. The molecule has 0 fully saturated rings. The van der Waals surface area contributed by atoms with E-state index in [1.54, 1.807) is 6.92 Å². The summed E-state index contributed by atoms with van der Waals surface area (Å²) in [4.78, 5) is 13.5. The Labute approximate surface area is 161 Å². The van der Waals surface area contributed by atoms with Crippen molar-refractivity contribution in [1.29, 1.82) is 5.26 Å². The van der Waals surface area contributed by atoms with Gasteiger partial charge in [-0.15, -0.1) is 11.3 Å². The number of carbonyl (C=O) groups excluding carboxylic acids is 1. The first kappa shape index (κ1) is 19.5. The third kappa shape index (κ3) is 4.34. The molecule has 2 atom stereocenters. The molecule has 2 aromatic rings. The lowest BCUT2D eigenvalue weighted by Gasteiger charge is -2.17. The molecule has 1 heterocycles. The highest BCUT2D eigenvalue weighted by atomic mass is 32.1. The van der Waals surface area contributed by atoms with Crippen molar-refractivity contribution < 1.29 is 13.6 Å². The zero-order valence-electron chi connectivity index (χ0n) is 15.2. The number of anilines is 1. The molecule has 0 bridgehead atoms. The van der Waals surface area contributed by atoms with Crippen molar-refractivity contribution in [2.24, 2.45) is 5.92 Å². The van der Waals surface area contributed by atoms with Crippen LogP contribution in [0.15, 0.2) is 18.2 Å². The highest BCUT2D eigenvalue weighted by Crippen LogP contribution is 2.39. The second-order valence-electron chi connectivity index (χ2n) is 6.99. The quantitative estimate of drug-likeness (QED) is 0.801. The van der Waals surface area contributed by atoms with Gasteiger partial charge in [0.2, 0.25) is 5.91 Å². The summed E-state index contributed by atoms with van der Waals surface area (Å²) in [5, 5.41) is 15.9. The molecule has 1 amide bonds. The van der Waals surface area contributed by atoms with Gasteiger partial charge in [-0.2, -0.15) is 5.26 Å². The van der Waals surface area contributed by atoms with Gasteiger partial charge in [0.25, 0.3) is 0 Å². The average molecular weight is 389 g/mol. The summed E-state index contributed by atoms with van der Waals surface area (Å²) in [6, 6.07) is 5.57. The molecule has 1 aromatic carbocycles. The SMILES string of the molecule is C[C@H]1CCc2c(sc(NC(=O)CN[C@H](C)c3ccc(F)c(F)c3)c2C#N)C1. The largest absolute Gasteiger partial charge is 0.315 e. The number of benzene rings is 1. The van der Waals surface area contributed by atoms with Gasteiger partial charge in [0.15, 0.2) is 11.6 Å². The zero-order chi connectivity index (χ0) is 19.6. The number of nitrogens with zero attached hydrogens (tertiary/aromatic N) is 1. The van der Waals surface area contributed by atoms with Crippen molar-refractivity contribution in [2.75, 3.05) is 11.9 Å². The number of halogens is 2. The van der Waals surface area contributed by atoms with E-state index in [0.717, 1.165) is 37.0 Å². The lowest BCUT2D eigenvalue weighted by atomic mass is 9.89. The molecule has 0 unspecified atom stereocenters. The second kappa shape index (κ2) is 8.15. The molecule has 0 aliphatic heterocycles. The molecule has 142 valence electrons. The average Bonchev–Trinajstić information content (AvgIpc) is 2.97. The van der Waals surface area contributed by atoms with Gasteiger partial charge in [-0.3, -0.25) is 4.79 Å². The molecule has 1 aromatic heterocycles. The Balaban J connectivity index is 1.63. The molecule has 1 aliphatic carbocycles. The van der Waals surface area contributed by atoms with Gasteiger partial charge in [-0.1, -0.05) is 13.0 Å². The van der Waals surface area contributed by atoms with Crippen LogP contribution in [-0.4, -0.2) is 12.5 Å². The lowest BCUT2D eigenvalue weighted by molar-refractivity contribution is -0.115. The topological polar surface area (TPSA) is 64.9 Å². The van der Waals surface area contributed by atoms with E-state index < -0.39 is 11.6 Å². The maximum Gasteiger partial charge on any atom is 0.238 e. The number of carbonyl (C=O) groups is 1. The monoisotopic (exact) mass is 389 g/mol. The number of nitrogens with one attached hydrogen (secondary N) is 2. The Hall–Kier alpha value is -2.30. The molecular formula is C20H21F2N3OS. The summed E-state index contributed by atoms with van der Waals surface area (Å²) < 4.78 is 26.4. The molecule has 27 heavy (non-hydrogen) atoms. The van der Waals surface area contributed by atoms with Gasteiger partial charge in [0.1, 0.15) is 11.1 Å². The Bertz CT molecular complexity index is 903. The third-order valence-corrected chi connectivity index (χ3v) is 6.06. The number of hydrogen-bond donors (Lipinski definition) is 2. The van der Waals surface area contributed by atoms with E-state index in [-0.39, 0.29) is 18.5 Å². The Kier molecular flexibility index (Phi) is 5.88. The van der Waals surface area contributed by atoms with E-state index >= 15 is 0 Å². The minimum atomic E-state index is -0.914.